The van der Waals surface area contributed by atoms with Gasteiger partial charge < -0.3 is 5.32 Å². The molecule has 10 heteroatoms. The first-order valence-electron chi connectivity index (χ1n) is 12.8. The number of unbranched alkanes of at least 4 members (excludes halogenated alkanes) is 4. The van der Waals surface area contributed by atoms with Gasteiger partial charge in [-0.2, -0.15) is 5.10 Å². The molecule has 2 aromatic heterocycles. The van der Waals surface area contributed by atoms with E-state index >= 15 is 0 Å². The Bertz CT molecular complexity index is 1480. The van der Waals surface area contributed by atoms with Gasteiger partial charge in [0.05, 0.1) is 17.8 Å². The number of carbonyl (C=O) groups excluding carboxylic acids is 1. The Balaban J connectivity index is 1.45. The normalized spacial score (nSPS) is 11.0. The summed E-state index contributed by atoms with van der Waals surface area (Å²) in [5, 5.41) is 7.08. The van der Waals surface area contributed by atoms with E-state index in [0.717, 1.165) is 36.1 Å². The van der Waals surface area contributed by atoms with E-state index in [1.165, 1.54) is 37.4 Å². The quantitative estimate of drug-likeness (QED) is 0.201. The lowest BCUT2D eigenvalue weighted by molar-refractivity contribution is 0.0952. The van der Waals surface area contributed by atoms with Gasteiger partial charge in [0, 0.05) is 36.1 Å². The number of nitrogens with zero attached hydrogens (tertiary/aromatic N) is 4. The van der Waals surface area contributed by atoms with Crippen LogP contribution >= 0.6 is 0 Å². The number of hydrogen-bond donors (Lipinski definition) is 1. The maximum atomic E-state index is 13.7. The molecule has 0 fully saturated rings. The third-order valence-corrected chi connectivity index (χ3v) is 6.14. The maximum absolute atomic E-state index is 13.7. The molecular formula is C29H28F3N5O2. The van der Waals surface area contributed by atoms with Crippen LogP contribution in [-0.2, 0) is 6.54 Å². The molecule has 0 aliphatic rings. The summed E-state index contributed by atoms with van der Waals surface area (Å²) in [5.41, 5.74) is 1.42. The van der Waals surface area contributed by atoms with Crippen LogP contribution in [0.4, 0.5) is 13.2 Å². The number of nitrogens with one attached hydrogen (secondary N) is 1. The molecular weight excluding hydrogens is 507 g/mol. The van der Waals surface area contributed by atoms with Crippen molar-refractivity contribution in [3.05, 3.63) is 99.9 Å². The average molecular weight is 536 g/mol. The van der Waals surface area contributed by atoms with Gasteiger partial charge in [-0.1, -0.05) is 50.8 Å². The van der Waals surface area contributed by atoms with Gasteiger partial charge in [0.15, 0.2) is 23.3 Å². The van der Waals surface area contributed by atoms with Gasteiger partial charge in [0.1, 0.15) is 0 Å². The van der Waals surface area contributed by atoms with Crippen LogP contribution in [0.1, 0.15) is 54.9 Å². The molecule has 1 amide bonds. The van der Waals surface area contributed by atoms with Gasteiger partial charge in [0.2, 0.25) is 0 Å². The number of halogens is 3. The Morgan fingerprint density at radius 3 is 2.33 bits per heavy atom. The number of rotatable bonds is 11. The van der Waals surface area contributed by atoms with E-state index in [1.807, 2.05) is 0 Å². The molecule has 39 heavy (non-hydrogen) atoms. The highest BCUT2D eigenvalue weighted by Gasteiger charge is 2.14. The van der Waals surface area contributed by atoms with Crippen LogP contribution in [-0.4, -0.2) is 32.2 Å². The van der Waals surface area contributed by atoms with Crippen LogP contribution in [0.5, 0.6) is 0 Å². The molecule has 0 atom stereocenters. The molecule has 0 saturated heterocycles. The monoisotopic (exact) mass is 535 g/mol. The first-order valence-corrected chi connectivity index (χ1v) is 12.8. The fourth-order valence-corrected chi connectivity index (χ4v) is 4.03. The number of amides is 1. The molecule has 202 valence electrons. The number of hydrogen-bond acceptors (Lipinski definition) is 5. The van der Waals surface area contributed by atoms with E-state index in [-0.39, 0.29) is 23.7 Å². The van der Waals surface area contributed by atoms with Crippen molar-refractivity contribution in [1.29, 1.82) is 0 Å². The van der Waals surface area contributed by atoms with E-state index in [2.05, 4.69) is 27.3 Å². The predicted molar refractivity (Wildman–Crippen MR) is 141 cm³/mol. The van der Waals surface area contributed by atoms with Gasteiger partial charge in [0.25, 0.3) is 11.5 Å². The van der Waals surface area contributed by atoms with E-state index in [9.17, 15) is 22.8 Å². The lowest BCUT2D eigenvalue weighted by Crippen LogP contribution is -2.24. The predicted octanol–water partition coefficient (Wildman–Crippen LogP) is 5.53. The zero-order valence-electron chi connectivity index (χ0n) is 21.5. The highest BCUT2D eigenvalue weighted by atomic mass is 19.2. The molecule has 0 bridgehead atoms. The highest BCUT2D eigenvalue weighted by Crippen LogP contribution is 2.22. The molecule has 0 aliphatic carbocycles. The highest BCUT2D eigenvalue weighted by molar-refractivity contribution is 5.93. The minimum Gasteiger partial charge on any atom is -0.352 e. The Labute approximate surface area is 223 Å². The van der Waals surface area contributed by atoms with E-state index in [4.69, 9.17) is 0 Å². The zero-order valence-corrected chi connectivity index (χ0v) is 21.5. The smallest absolute Gasteiger partial charge is 0.267 e. The molecule has 4 rings (SSSR count). The van der Waals surface area contributed by atoms with E-state index in [1.54, 1.807) is 24.3 Å². The van der Waals surface area contributed by atoms with Crippen molar-refractivity contribution in [3.63, 3.8) is 0 Å². The minimum atomic E-state index is -1.57. The van der Waals surface area contributed by atoms with Crippen molar-refractivity contribution in [2.24, 2.45) is 0 Å². The standard InChI is InChI=1S/C29H28F3N5O2/c1-2-3-4-5-6-12-33-29(39)22-16-34-28(35-17-22)20-9-7-8-19(13-20)18-37-26(38)11-10-25(36-37)21-14-23(30)27(32)24(31)15-21/h7-11,13-17H,2-6,12,18H2,1H3,(H,33,39). The summed E-state index contributed by atoms with van der Waals surface area (Å²) in [4.78, 5) is 33.4. The Morgan fingerprint density at radius 2 is 1.62 bits per heavy atom. The largest absolute Gasteiger partial charge is 0.352 e. The molecule has 7 nitrogen and oxygen atoms in total. The molecule has 0 radical (unpaired) electrons. The van der Waals surface area contributed by atoms with Crippen molar-refractivity contribution in [1.82, 2.24) is 25.1 Å². The molecule has 1 N–H and O–H groups in total. The topological polar surface area (TPSA) is 89.8 Å². The first-order chi connectivity index (χ1) is 18.9. The maximum Gasteiger partial charge on any atom is 0.267 e. The Kier molecular flexibility index (Phi) is 9.19. The summed E-state index contributed by atoms with van der Waals surface area (Å²) in [6.07, 6.45) is 8.47. The van der Waals surface area contributed by atoms with Gasteiger partial charge in [-0.15, -0.1) is 0 Å². The molecule has 0 aliphatic heterocycles. The van der Waals surface area contributed by atoms with Crippen LogP contribution in [0.2, 0.25) is 0 Å². The fraction of sp³-hybridized carbons (Fsp3) is 0.276. The van der Waals surface area contributed by atoms with Crippen LogP contribution in [0.3, 0.4) is 0 Å². The van der Waals surface area contributed by atoms with Crippen molar-refractivity contribution < 1.29 is 18.0 Å². The Morgan fingerprint density at radius 1 is 0.897 bits per heavy atom. The second-order valence-corrected chi connectivity index (χ2v) is 9.13. The zero-order chi connectivity index (χ0) is 27.8. The van der Waals surface area contributed by atoms with Crippen LogP contribution < -0.4 is 10.9 Å². The second-order valence-electron chi connectivity index (χ2n) is 9.13. The summed E-state index contributed by atoms with van der Waals surface area (Å²) in [7, 11) is 0. The van der Waals surface area contributed by atoms with E-state index < -0.39 is 23.0 Å². The van der Waals surface area contributed by atoms with Crippen molar-refractivity contribution in [2.75, 3.05) is 6.54 Å². The summed E-state index contributed by atoms with van der Waals surface area (Å²) in [6.45, 7) is 2.82. The van der Waals surface area contributed by atoms with Gasteiger partial charge in [-0.05, 0) is 36.2 Å². The lowest BCUT2D eigenvalue weighted by Gasteiger charge is -2.09. The Hall–Kier alpha value is -4.34. The number of carbonyl (C=O) groups is 1. The van der Waals surface area contributed by atoms with Crippen LogP contribution in [0, 0.1) is 17.5 Å². The summed E-state index contributed by atoms with van der Waals surface area (Å²) < 4.78 is 41.9. The molecule has 4 aromatic rings. The van der Waals surface area contributed by atoms with Crippen LogP contribution in [0.25, 0.3) is 22.6 Å². The summed E-state index contributed by atoms with van der Waals surface area (Å²) in [6, 6.07) is 11.3. The average Bonchev–Trinajstić information content (AvgIpc) is 2.94. The second kappa shape index (κ2) is 12.9. The van der Waals surface area contributed by atoms with E-state index in [0.29, 0.717) is 29.1 Å². The third kappa shape index (κ3) is 7.16. The summed E-state index contributed by atoms with van der Waals surface area (Å²) >= 11 is 0. The lowest BCUT2D eigenvalue weighted by atomic mass is 10.1. The summed E-state index contributed by atoms with van der Waals surface area (Å²) in [5.74, 6) is -4.08. The van der Waals surface area contributed by atoms with Crippen LogP contribution in [0.15, 0.2) is 65.7 Å². The number of benzene rings is 2. The molecule has 0 unspecified atom stereocenters. The van der Waals surface area contributed by atoms with Crippen molar-refractivity contribution >= 4 is 5.91 Å². The molecule has 0 saturated carbocycles. The van der Waals surface area contributed by atoms with Crippen molar-refractivity contribution in [2.45, 2.75) is 45.6 Å². The molecule has 0 spiro atoms. The first kappa shape index (κ1) is 27.7. The fourth-order valence-electron chi connectivity index (χ4n) is 4.03. The SMILES string of the molecule is CCCCCCCNC(=O)c1cnc(-c2cccc(Cn3nc(-c4cc(F)c(F)c(F)c4)ccc3=O)c2)nc1. The number of aromatic nitrogens is 4. The van der Waals surface area contributed by atoms with Gasteiger partial charge in [-0.3, -0.25) is 9.59 Å². The molecule has 2 heterocycles. The molecule has 2 aromatic carbocycles. The van der Waals surface area contributed by atoms with Gasteiger partial charge in [-0.25, -0.2) is 27.8 Å². The van der Waals surface area contributed by atoms with Gasteiger partial charge >= 0.3 is 0 Å². The third-order valence-electron chi connectivity index (χ3n) is 6.14. The van der Waals surface area contributed by atoms with Crippen molar-refractivity contribution in [3.8, 4) is 22.6 Å². The minimum absolute atomic E-state index is 0.00270.